The largest absolute Gasteiger partial charge is 1.00 e. The molecule has 0 radical (unpaired) electrons. The molecule has 0 amide bonds. The number of aromatic nitrogens is 2. The Balaban J connectivity index is 0.00000162. The fourth-order valence-corrected chi connectivity index (χ4v) is 2.48. The molecule has 98 valence electrons. The molecule has 2 aromatic rings. The number of ketones is 1. The lowest BCUT2D eigenvalue weighted by Crippen LogP contribution is -3.00. The summed E-state index contributed by atoms with van der Waals surface area (Å²) in [6.07, 6.45) is 0. The molecule has 0 N–H and O–H groups in total. The second kappa shape index (κ2) is 5.82. The highest BCUT2D eigenvalue weighted by molar-refractivity contribution is 5.96. The maximum absolute atomic E-state index is 11.4. The first-order valence-corrected chi connectivity index (χ1v) is 6.13. The summed E-state index contributed by atoms with van der Waals surface area (Å²) in [5.41, 5.74) is 3.14. The van der Waals surface area contributed by atoms with E-state index >= 15 is 0 Å². The number of imidazole rings is 1. The van der Waals surface area contributed by atoms with Crippen molar-refractivity contribution in [2.75, 3.05) is 0 Å². The lowest BCUT2D eigenvalue weighted by Gasteiger charge is -1.96. The monoisotopic (exact) mass is 358 g/mol. The topological polar surface area (TPSA) is 25.9 Å². The predicted octanol–water partition coefficient (Wildman–Crippen LogP) is -0.516. The molecule has 4 heteroatoms. The first kappa shape index (κ1) is 15.1. The van der Waals surface area contributed by atoms with E-state index in [2.05, 4.69) is 36.0 Å². The average molecular weight is 358 g/mol. The number of halogens is 1. The molecule has 0 saturated heterocycles. The minimum Gasteiger partial charge on any atom is -1.00 e. The van der Waals surface area contributed by atoms with E-state index in [0.717, 1.165) is 24.2 Å². The van der Waals surface area contributed by atoms with Crippen molar-refractivity contribution in [3.05, 3.63) is 29.6 Å². The van der Waals surface area contributed by atoms with Gasteiger partial charge in [-0.1, -0.05) is 0 Å². The first-order chi connectivity index (χ1) is 8.10. The zero-order chi connectivity index (χ0) is 12.6. The maximum atomic E-state index is 11.4. The smallest absolute Gasteiger partial charge is 0.254 e. The Morgan fingerprint density at radius 2 is 2.00 bits per heavy atom. The number of hydrogen-bond donors (Lipinski definition) is 0. The van der Waals surface area contributed by atoms with Crippen LogP contribution in [0.1, 0.15) is 37.0 Å². The van der Waals surface area contributed by atoms with Crippen molar-refractivity contribution < 1.29 is 33.3 Å². The fraction of sp³-hybridized carbons (Fsp3) is 0.429. The van der Waals surface area contributed by atoms with Crippen LogP contribution in [0.5, 0.6) is 0 Å². The van der Waals surface area contributed by atoms with E-state index in [0.29, 0.717) is 0 Å². The van der Waals surface area contributed by atoms with Crippen LogP contribution in [0.25, 0.3) is 11.0 Å². The molecule has 0 saturated carbocycles. The van der Waals surface area contributed by atoms with Gasteiger partial charge in [0, 0.05) is 18.6 Å². The molecule has 0 unspecified atom stereocenters. The van der Waals surface area contributed by atoms with E-state index in [1.54, 1.807) is 6.92 Å². The maximum Gasteiger partial charge on any atom is 0.254 e. The molecule has 0 bridgehead atoms. The molecule has 1 aromatic carbocycles. The quantitative estimate of drug-likeness (QED) is 0.412. The number of hydrogen-bond acceptors (Lipinski definition) is 1. The Hall–Kier alpha value is -0.910. The first-order valence-electron chi connectivity index (χ1n) is 6.13. The van der Waals surface area contributed by atoms with Gasteiger partial charge >= 0.3 is 0 Å². The summed E-state index contributed by atoms with van der Waals surface area (Å²) in [6, 6.07) is 5.96. The summed E-state index contributed by atoms with van der Waals surface area (Å²) < 4.78 is 4.54. The Morgan fingerprint density at radius 3 is 2.50 bits per heavy atom. The third-order valence-electron chi connectivity index (χ3n) is 3.38. The number of aryl methyl sites for hydroxylation is 2. The van der Waals surface area contributed by atoms with Gasteiger partial charge in [-0.25, -0.2) is 9.13 Å². The molecule has 0 atom stereocenters. The van der Waals surface area contributed by atoms with E-state index in [9.17, 15) is 4.79 Å². The van der Waals surface area contributed by atoms with Gasteiger partial charge in [0.1, 0.15) is 0 Å². The van der Waals surface area contributed by atoms with E-state index in [-0.39, 0.29) is 29.8 Å². The van der Waals surface area contributed by atoms with Gasteiger partial charge in [-0.2, -0.15) is 0 Å². The lowest BCUT2D eigenvalue weighted by molar-refractivity contribution is -0.674. The van der Waals surface area contributed by atoms with Gasteiger partial charge in [-0.15, -0.1) is 0 Å². The van der Waals surface area contributed by atoms with Gasteiger partial charge in [0.05, 0.1) is 13.1 Å². The zero-order valence-electron chi connectivity index (χ0n) is 11.3. The molecule has 3 nitrogen and oxygen atoms in total. The molecule has 18 heavy (non-hydrogen) atoms. The van der Waals surface area contributed by atoms with Gasteiger partial charge < -0.3 is 24.0 Å². The summed E-state index contributed by atoms with van der Waals surface area (Å²) in [5.74, 6) is 1.36. The zero-order valence-corrected chi connectivity index (χ0v) is 13.5. The van der Waals surface area contributed by atoms with Gasteiger partial charge in [-0.05, 0) is 32.9 Å². The molecular weight excluding hydrogens is 339 g/mol. The van der Waals surface area contributed by atoms with Crippen molar-refractivity contribution in [3.8, 4) is 0 Å². The predicted molar refractivity (Wildman–Crippen MR) is 68.2 cm³/mol. The molecule has 2 rings (SSSR count). The van der Waals surface area contributed by atoms with Crippen molar-refractivity contribution in [2.24, 2.45) is 0 Å². The highest BCUT2D eigenvalue weighted by Crippen LogP contribution is 2.17. The second-order valence-corrected chi connectivity index (χ2v) is 4.30. The number of rotatable bonds is 3. The number of benzene rings is 1. The minimum absolute atomic E-state index is 0. The third-order valence-corrected chi connectivity index (χ3v) is 3.38. The normalized spacial score (nSPS) is 10.4. The Morgan fingerprint density at radius 1 is 1.33 bits per heavy atom. The molecule has 0 aliphatic carbocycles. The van der Waals surface area contributed by atoms with E-state index in [1.807, 2.05) is 12.1 Å². The number of nitrogens with zero attached hydrogens (tertiary/aromatic N) is 2. The highest BCUT2D eigenvalue weighted by atomic mass is 127. The molecule has 1 heterocycles. The van der Waals surface area contributed by atoms with E-state index in [4.69, 9.17) is 0 Å². The fourth-order valence-electron chi connectivity index (χ4n) is 2.48. The van der Waals surface area contributed by atoms with Crippen LogP contribution in [0.4, 0.5) is 0 Å². The highest BCUT2D eigenvalue weighted by Gasteiger charge is 2.19. The summed E-state index contributed by atoms with van der Waals surface area (Å²) in [7, 11) is 0. The number of carbonyl (C=O) groups excluding carboxylic acids is 1. The standard InChI is InChI=1S/C14H19N2O.HI/c1-5-15-11(4)16(6-2)14-9-12(10(3)17)7-8-13(14)15;/h7-9H,5-6H2,1-4H3;1H/q+1;/p-1. The van der Waals surface area contributed by atoms with Crippen LogP contribution in [0.2, 0.25) is 0 Å². The Labute approximate surface area is 125 Å². The van der Waals surface area contributed by atoms with Crippen molar-refractivity contribution in [3.63, 3.8) is 0 Å². The summed E-state index contributed by atoms with van der Waals surface area (Å²) in [5, 5.41) is 0. The van der Waals surface area contributed by atoms with Crippen molar-refractivity contribution in [1.82, 2.24) is 4.57 Å². The lowest BCUT2D eigenvalue weighted by atomic mass is 10.1. The van der Waals surface area contributed by atoms with Crippen LogP contribution >= 0.6 is 0 Å². The van der Waals surface area contributed by atoms with Crippen LogP contribution in [-0.2, 0) is 13.1 Å². The Kier molecular flexibility index (Phi) is 4.90. The van der Waals surface area contributed by atoms with Crippen LogP contribution in [0.3, 0.4) is 0 Å². The molecular formula is C14H19IN2O. The molecule has 1 aromatic heterocycles. The van der Waals surface area contributed by atoms with Crippen molar-refractivity contribution in [1.29, 1.82) is 0 Å². The number of carbonyl (C=O) groups is 1. The number of fused-ring (bicyclic) bond motifs is 1. The van der Waals surface area contributed by atoms with Gasteiger partial charge in [0.25, 0.3) is 5.82 Å². The van der Waals surface area contributed by atoms with Gasteiger partial charge in [0.15, 0.2) is 16.8 Å². The van der Waals surface area contributed by atoms with Gasteiger partial charge in [-0.3, -0.25) is 4.79 Å². The van der Waals surface area contributed by atoms with Crippen LogP contribution < -0.4 is 28.5 Å². The van der Waals surface area contributed by atoms with E-state index < -0.39 is 0 Å². The van der Waals surface area contributed by atoms with Crippen molar-refractivity contribution >= 4 is 16.8 Å². The number of Topliss-reactive ketones (excluding diaryl/α,β-unsaturated/α-hetero) is 1. The molecule has 0 aliphatic heterocycles. The average Bonchev–Trinajstić information content (AvgIpc) is 2.58. The van der Waals surface area contributed by atoms with Crippen LogP contribution in [-0.4, -0.2) is 10.4 Å². The second-order valence-electron chi connectivity index (χ2n) is 4.30. The SMILES string of the molecule is CCn1c(C)[n+](CC)c2ccc(C(C)=O)cc21.[I-]. The minimum atomic E-state index is 0. The molecule has 0 aliphatic rings. The van der Waals surface area contributed by atoms with E-state index in [1.165, 1.54) is 11.3 Å². The summed E-state index contributed by atoms with van der Waals surface area (Å²) in [6.45, 7) is 9.89. The van der Waals surface area contributed by atoms with Crippen molar-refractivity contribution in [2.45, 2.75) is 40.8 Å². The summed E-state index contributed by atoms with van der Waals surface area (Å²) in [4.78, 5) is 11.4. The summed E-state index contributed by atoms with van der Waals surface area (Å²) >= 11 is 0. The Bertz CT molecular complexity index is 587. The molecule has 0 fully saturated rings. The van der Waals surface area contributed by atoms with Gasteiger partial charge in [0.2, 0.25) is 0 Å². The third kappa shape index (κ3) is 2.30. The van der Waals surface area contributed by atoms with Crippen LogP contribution in [0.15, 0.2) is 18.2 Å². The van der Waals surface area contributed by atoms with Crippen LogP contribution in [0, 0.1) is 6.92 Å². The molecule has 0 spiro atoms.